The van der Waals surface area contributed by atoms with Crippen molar-refractivity contribution in [2.24, 2.45) is 5.92 Å². The zero-order valence-corrected chi connectivity index (χ0v) is 16.9. The maximum Gasteiger partial charge on any atom is 0.240 e. The Hall–Kier alpha value is -2.04. The van der Waals surface area contributed by atoms with E-state index in [4.69, 9.17) is 0 Å². The molecule has 1 aromatic carbocycles. The first-order chi connectivity index (χ1) is 13.4. The van der Waals surface area contributed by atoms with E-state index >= 15 is 0 Å². The molecule has 152 valence electrons. The van der Waals surface area contributed by atoms with Gasteiger partial charge in [0, 0.05) is 44.2 Å². The van der Waals surface area contributed by atoms with Gasteiger partial charge in [-0.1, -0.05) is 6.07 Å². The first-order valence-corrected chi connectivity index (χ1v) is 11.5. The van der Waals surface area contributed by atoms with Crippen LogP contribution >= 0.6 is 11.3 Å². The summed E-state index contributed by atoms with van der Waals surface area (Å²) in [5.41, 5.74) is 0. The van der Waals surface area contributed by atoms with Gasteiger partial charge in [-0.25, -0.2) is 22.5 Å². The van der Waals surface area contributed by atoms with Crippen LogP contribution in [0.3, 0.4) is 0 Å². The van der Waals surface area contributed by atoms with E-state index in [0.29, 0.717) is 12.5 Å². The summed E-state index contributed by atoms with van der Waals surface area (Å²) in [6, 6.07) is 4.76. The van der Waals surface area contributed by atoms with Crippen LogP contribution in [0, 0.1) is 11.7 Å². The van der Waals surface area contributed by atoms with E-state index in [1.54, 1.807) is 17.5 Å². The highest BCUT2D eigenvalue weighted by Gasteiger charge is 2.22. The standard InChI is InChI=1S/C18H23FN4O3S2/c19-15-4-1-5-16(11-15)28(25,26)22-7-6-17(24)21-12-14-3-2-9-23(13-14)18-20-8-10-27-18/h1,4-5,8,10-11,14,22H,2-3,6-7,9,12-13H2,(H,21,24)/t14-/m1/s1. The molecule has 2 aromatic rings. The van der Waals surface area contributed by atoms with Crippen molar-refractivity contribution in [1.29, 1.82) is 0 Å². The molecule has 0 unspecified atom stereocenters. The second-order valence-electron chi connectivity index (χ2n) is 6.68. The minimum atomic E-state index is -3.83. The molecule has 1 saturated heterocycles. The lowest BCUT2D eigenvalue weighted by Gasteiger charge is -2.32. The fraction of sp³-hybridized carbons (Fsp3) is 0.444. The van der Waals surface area contributed by atoms with Gasteiger partial charge in [-0.2, -0.15) is 0 Å². The van der Waals surface area contributed by atoms with Crippen LogP contribution in [0.5, 0.6) is 0 Å². The van der Waals surface area contributed by atoms with Gasteiger partial charge in [0.1, 0.15) is 5.82 Å². The number of thiazole rings is 1. The molecule has 10 heteroatoms. The quantitative estimate of drug-likeness (QED) is 0.674. The number of hydrogen-bond acceptors (Lipinski definition) is 6. The average Bonchev–Trinajstić information content (AvgIpc) is 3.21. The lowest BCUT2D eigenvalue weighted by atomic mass is 9.98. The molecule has 3 rings (SSSR count). The second-order valence-corrected chi connectivity index (χ2v) is 9.32. The third-order valence-electron chi connectivity index (χ3n) is 4.55. The zero-order valence-electron chi connectivity index (χ0n) is 15.3. The normalized spacial score (nSPS) is 17.5. The topological polar surface area (TPSA) is 91.4 Å². The van der Waals surface area contributed by atoms with E-state index in [0.717, 1.165) is 37.1 Å². The van der Waals surface area contributed by atoms with Crippen LogP contribution in [0.1, 0.15) is 19.3 Å². The Morgan fingerprint density at radius 3 is 3.00 bits per heavy atom. The predicted octanol–water partition coefficient (Wildman–Crippen LogP) is 1.98. The molecule has 1 atom stereocenters. The van der Waals surface area contributed by atoms with Crippen molar-refractivity contribution in [3.05, 3.63) is 41.7 Å². The Kier molecular flexibility index (Phi) is 6.97. The molecule has 0 radical (unpaired) electrons. The summed E-state index contributed by atoms with van der Waals surface area (Å²) < 4.78 is 39.7. The number of rotatable bonds is 8. The van der Waals surface area contributed by atoms with Gasteiger partial charge in [0.2, 0.25) is 15.9 Å². The number of aromatic nitrogens is 1. The van der Waals surface area contributed by atoms with E-state index in [1.165, 1.54) is 18.2 Å². The number of halogens is 1. The average molecular weight is 427 g/mol. The van der Waals surface area contributed by atoms with Crippen LogP contribution in [0.15, 0.2) is 40.7 Å². The van der Waals surface area contributed by atoms with Crippen molar-refractivity contribution in [1.82, 2.24) is 15.0 Å². The maximum atomic E-state index is 13.2. The van der Waals surface area contributed by atoms with Crippen LogP contribution in [-0.4, -0.2) is 45.5 Å². The first-order valence-electron chi connectivity index (χ1n) is 9.10. The summed E-state index contributed by atoms with van der Waals surface area (Å²) >= 11 is 1.61. The predicted molar refractivity (Wildman–Crippen MR) is 106 cm³/mol. The summed E-state index contributed by atoms with van der Waals surface area (Å²) in [7, 11) is -3.83. The molecule has 0 saturated carbocycles. The van der Waals surface area contributed by atoms with Gasteiger partial charge in [-0.3, -0.25) is 4.79 Å². The Labute approximate surface area is 168 Å². The number of piperidine rings is 1. The van der Waals surface area contributed by atoms with Crippen LogP contribution in [0.2, 0.25) is 0 Å². The van der Waals surface area contributed by atoms with Crippen molar-refractivity contribution < 1.29 is 17.6 Å². The van der Waals surface area contributed by atoms with Gasteiger partial charge in [0.25, 0.3) is 0 Å². The molecule has 1 aliphatic rings. The van der Waals surface area contributed by atoms with Crippen molar-refractivity contribution in [3.63, 3.8) is 0 Å². The molecule has 0 bridgehead atoms. The van der Waals surface area contributed by atoms with E-state index in [9.17, 15) is 17.6 Å². The molecule has 0 spiro atoms. The maximum absolute atomic E-state index is 13.2. The van der Waals surface area contributed by atoms with Crippen LogP contribution < -0.4 is 14.9 Å². The smallest absolute Gasteiger partial charge is 0.240 e. The fourth-order valence-corrected chi connectivity index (χ4v) is 4.88. The molecule has 0 aliphatic carbocycles. The SMILES string of the molecule is O=C(CCNS(=O)(=O)c1cccc(F)c1)NC[C@H]1CCCN(c2nccs2)C1. The van der Waals surface area contributed by atoms with Crippen molar-refractivity contribution in [2.75, 3.05) is 31.1 Å². The molecular weight excluding hydrogens is 403 g/mol. The Bertz CT molecular complexity index is 890. The highest BCUT2D eigenvalue weighted by atomic mass is 32.2. The Morgan fingerprint density at radius 2 is 2.25 bits per heavy atom. The molecule has 2 heterocycles. The Balaban J connectivity index is 1.40. The van der Waals surface area contributed by atoms with Gasteiger partial charge in [0.05, 0.1) is 4.90 Å². The first kappa shape index (κ1) is 20.7. The van der Waals surface area contributed by atoms with E-state index in [-0.39, 0.29) is 23.8 Å². The molecule has 28 heavy (non-hydrogen) atoms. The molecule has 7 nitrogen and oxygen atoms in total. The van der Waals surface area contributed by atoms with Crippen LogP contribution in [0.4, 0.5) is 9.52 Å². The summed E-state index contributed by atoms with van der Waals surface area (Å²) in [5, 5.41) is 5.83. The number of sulfonamides is 1. The third kappa shape index (κ3) is 5.73. The molecule has 1 amide bonds. The molecular formula is C18H23FN4O3S2. The number of carbonyl (C=O) groups excluding carboxylic acids is 1. The fourth-order valence-electron chi connectivity index (χ4n) is 3.14. The second kappa shape index (κ2) is 9.44. The van der Waals surface area contributed by atoms with Crippen molar-refractivity contribution in [2.45, 2.75) is 24.2 Å². The molecule has 1 fully saturated rings. The molecule has 2 N–H and O–H groups in total. The highest BCUT2D eigenvalue weighted by Crippen LogP contribution is 2.24. The van der Waals surface area contributed by atoms with Gasteiger partial charge in [-0.15, -0.1) is 11.3 Å². The molecule has 1 aliphatic heterocycles. The van der Waals surface area contributed by atoms with Crippen molar-refractivity contribution >= 4 is 32.4 Å². The third-order valence-corrected chi connectivity index (χ3v) is 6.84. The zero-order chi connectivity index (χ0) is 20.0. The monoisotopic (exact) mass is 426 g/mol. The number of nitrogens with zero attached hydrogens (tertiary/aromatic N) is 2. The number of amides is 1. The lowest BCUT2D eigenvalue weighted by molar-refractivity contribution is -0.121. The Morgan fingerprint density at radius 1 is 1.39 bits per heavy atom. The largest absolute Gasteiger partial charge is 0.356 e. The highest BCUT2D eigenvalue weighted by molar-refractivity contribution is 7.89. The number of benzene rings is 1. The van der Waals surface area contributed by atoms with Crippen LogP contribution in [-0.2, 0) is 14.8 Å². The van der Waals surface area contributed by atoms with Gasteiger partial charge < -0.3 is 10.2 Å². The minimum Gasteiger partial charge on any atom is -0.356 e. The molecule has 1 aromatic heterocycles. The van der Waals surface area contributed by atoms with E-state index in [1.807, 2.05) is 5.38 Å². The summed E-state index contributed by atoms with van der Waals surface area (Å²) in [6.07, 6.45) is 3.90. The summed E-state index contributed by atoms with van der Waals surface area (Å²) in [6.45, 7) is 2.33. The van der Waals surface area contributed by atoms with Gasteiger partial charge in [0.15, 0.2) is 5.13 Å². The minimum absolute atomic E-state index is 0.0253. The van der Waals surface area contributed by atoms with E-state index in [2.05, 4.69) is 19.9 Å². The van der Waals surface area contributed by atoms with Gasteiger partial charge in [-0.05, 0) is 37.0 Å². The number of anilines is 1. The van der Waals surface area contributed by atoms with E-state index < -0.39 is 15.8 Å². The number of nitrogens with one attached hydrogen (secondary N) is 2. The summed E-state index contributed by atoms with van der Waals surface area (Å²) in [5.74, 6) is -0.501. The van der Waals surface area contributed by atoms with Crippen LogP contribution in [0.25, 0.3) is 0 Å². The van der Waals surface area contributed by atoms with Gasteiger partial charge >= 0.3 is 0 Å². The lowest BCUT2D eigenvalue weighted by Crippen LogP contribution is -2.41. The summed E-state index contributed by atoms with van der Waals surface area (Å²) in [4.78, 5) is 18.5. The van der Waals surface area contributed by atoms with Crippen molar-refractivity contribution in [3.8, 4) is 0 Å². The number of hydrogen-bond donors (Lipinski definition) is 2. The number of carbonyl (C=O) groups is 1.